The van der Waals surface area contributed by atoms with E-state index in [-0.39, 0.29) is 12.2 Å². The summed E-state index contributed by atoms with van der Waals surface area (Å²) in [6.07, 6.45) is 2.19. The molecule has 0 saturated carbocycles. The highest BCUT2D eigenvalue weighted by Gasteiger charge is 2.16. The molecule has 0 fully saturated rings. The monoisotopic (exact) mass is 268 g/mol. The summed E-state index contributed by atoms with van der Waals surface area (Å²) in [5.74, 6) is -1.01. The number of nitrogens with zero attached hydrogens (tertiary/aromatic N) is 4. The van der Waals surface area contributed by atoms with Gasteiger partial charge in [-0.15, -0.1) is 0 Å². The van der Waals surface area contributed by atoms with Gasteiger partial charge in [0.1, 0.15) is 5.69 Å². The Balaban J connectivity index is 2.37. The van der Waals surface area contributed by atoms with Gasteiger partial charge in [0.2, 0.25) is 0 Å². The minimum Gasteiger partial charge on any atom is -0.477 e. The second-order valence-corrected chi connectivity index (χ2v) is 4.24. The van der Waals surface area contributed by atoms with E-state index in [1.165, 1.54) is 16.9 Å². The molecule has 0 radical (unpaired) electrons. The Bertz CT molecular complexity index is 588. The Kier molecular flexibility index (Phi) is 3.38. The van der Waals surface area contributed by atoms with Gasteiger partial charge in [0.05, 0.1) is 23.0 Å². The minimum atomic E-state index is -1.01. The second kappa shape index (κ2) is 4.81. The van der Waals surface area contributed by atoms with E-state index in [0.29, 0.717) is 5.02 Å². The van der Waals surface area contributed by atoms with Crippen LogP contribution in [0.1, 0.15) is 28.8 Å². The molecular formula is C11H13ClN4O2. The number of halogens is 1. The zero-order valence-corrected chi connectivity index (χ0v) is 10.8. The van der Waals surface area contributed by atoms with Gasteiger partial charge in [-0.25, -0.2) is 4.79 Å². The predicted molar refractivity (Wildman–Crippen MR) is 65.9 cm³/mol. The van der Waals surface area contributed by atoms with E-state index in [2.05, 4.69) is 10.2 Å². The molecule has 0 aromatic carbocycles. The van der Waals surface area contributed by atoms with Gasteiger partial charge in [0, 0.05) is 13.2 Å². The van der Waals surface area contributed by atoms with Crippen molar-refractivity contribution in [2.24, 2.45) is 7.05 Å². The quantitative estimate of drug-likeness (QED) is 0.914. The van der Waals surface area contributed by atoms with E-state index in [1.807, 2.05) is 6.92 Å². The Morgan fingerprint density at radius 1 is 1.56 bits per heavy atom. The van der Waals surface area contributed by atoms with Crippen molar-refractivity contribution in [1.82, 2.24) is 19.6 Å². The van der Waals surface area contributed by atoms with Crippen molar-refractivity contribution < 1.29 is 9.90 Å². The Hall–Kier alpha value is -1.82. The Morgan fingerprint density at radius 3 is 2.83 bits per heavy atom. The van der Waals surface area contributed by atoms with Gasteiger partial charge in [0.15, 0.2) is 0 Å². The van der Waals surface area contributed by atoms with Crippen LogP contribution < -0.4 is 0 Å². The van der Waals surface area contributed by atoms with Gasteiger partial charge in [-0.3, -0.25) is 9.36 Å². The zero-order valence-electron chi connectivity index (χ0n) is 10.1. The van der Waals surface area contributed by atoms with Crippen LogP contribution in [-0.2, 0) is 20.0 Å². The molecule has 18 heavy (non-hydrogen) atoms. The predicted octanol–water partition coefficient (Wildman–Crippen LogP) is 1.58. The number of carboxylic acid groups (broad SMARTS) is 1. The van der Waals surface area contributed by atoms with E-state index in [9.17, 15) is 4.79 Å². The summed E-state index contributed by atoms with van der Waals surface area (Å²) in [7, 11) is 1.78. The van der Waals surface area contributed by atoms with Crippen LogP contribution in [0.5, 0.6) is 0 Å². The van der Waals surface area contributed by atoms with Crippen LogP contribution in [0.2, 0.25) is 5.02 Å². The standard InChI is InChI=1S/C11H13ClN4O2/c1-3-7-10(12)9(15(2)14-7)6-16-8(11(17)18)4-5-13-16/h4-5H,3,6H2,1-2H3,(H,17,18). The van der Waals surface area contributed by atoms with Gasteiger partial charge in [0.25, 0.3) is 0 Å². The van der Waals surface area contributed by atoms with Gasteiger partial charge in [-0.05, 0) is 12.5 Å². The fourth-order valence-electron chi connectivity index (χ4n) is 1.77. The molecule has 2 aromatic rings. The zero-order chi connectivity index (χ0) is 13.3. The Morgan fingerprint density at radius 2 is 2.28 bits per heavy atom. The van der Waals surface area contributed by atoms with Crippen LogP contribution in [0.15, 0.2) is 12.3 Å². The molecule has 0 spiro atoms. The molecule has 0 aliphatic rings. The second-order valence-electron chi connectivity index (χ2n) is 3.86. The average Bonchev–Trinajstić information content (AvgIpc) is 2.88. The first-order chi connectivity index (χ1) is 8.54. The summed E-state index contributed by atoms with van der Waals surface area (Å²) >= 11 is 6.21. The highest BCUT2D eigenvalue weighted by atomic mass is 35.5. The highest BCUT2D eigenvalue weighted by Crippen LogP contribution is 2.21. The average molecular weight is 269 g/mol. The van der Waals surface area contributed by atoms with Gasteiger partial charge < -0.3 is 5.11 Å². The van der Waals surface area contributed by atoms with Crippen molar-refractivity contribution in [2.75, 3.05) is 0 Å². The summed E-state index contributed by atoms with van der Waals surface area (Å²) in [5.41, 5.74) is 1.68. The van der Waals surface area contributed by atoms with Crippen molar-refractivity contribution in [3.8, 4) is 0 Å². The molecule has 96 valence electrons. The summed E-state index contributed by atoms with van der Waals surface area (Å²) in [6, 6.07) is 1.45. The van der Waals surface area contributed by atoms with Crippen LogP contribution >= 0.6 is 11.6 Å². The number of rotatable bonds is 4. The molecule has 1 N–H and O–H groups in total. The van der Waals surface area contributed by atoms with E-state index in [4.69, 9.17) is 16.7 Å². The van der Waals surface area contributed by atoms with E-state index in [0.717, 1.165) is 17.8 Å². The van der Waals surface area contributed by atoms with Crippen molar-refractivity contribution in [3.05, 3.63) is 34.4 Å². The molecule has 0 bridgehead atoms. The summed E-state index contributed by atoms with van der Waals surface area (Å²) < 4.78 is 3.05. The van der Waals surface area contributed by atoms with E-state index >= 15 is 0 Å². The minimum absolute atomic E-state index is 0.130. The third-order valence-electron chi connectivity index (χ3n) is 2.74. The van der Waals surface area contributed by atoms with Gasteiger partial charge >= 0.3 is 5.97 Å². The number of hydrogen-bond acceptors (Lipinski definition) is 3. The van der Waals surface area contributed by atoms with Gasteiger partial charge in [-0.2, -0.15) is 10.2 Å². The lowest BCUT2D eigenvalue weighted by Crippen LogP contribution is -2.13. The number of aryl methyl sites for hydroxylation is 2. The fraction of sp³-hybridized carbons (Fsp3) is 0.364. The van der Waals surface area contributed by atoms with E-state index in [1.54, 1.807) is 11.7 Å². The molecule has 0 unspecified atom stereocenters. The van der Waals surface area contributed by atoms with Crippen molar-refractivity contribution >= 4 is 17.6 Å². The first-order valence-corrected chi connectivity index (χ1v) is 5.87. The molecule has 7 heteroatoms. The lowest BCUT2D eigenvalue weighted by atomic mass is 10.3. The molecule has 2 rings (SSSR count). The van der Waals surface area contributed by atoms with Crippen LogP contribution in [0.3, 0.4) is 0 Å². The number of hydrogen-bond donors (Lipinski definition) is 1. The van der Waals surface area contributed by atoms with Crippen LogP contribution in [0.25, 0.3) is 0 Å². The first kappa shape index (κ1) is 12.6. The third kappa shape index (κ3) is 2.11. The maximum absolute atomic E-state index is 11.0. The molecular weight excluding hydrogens is 256 g/mol. The van der Waals surface area contributed by atoms with E-state index < -0.39 is 5.97 Å². The smallest absolute Gasteiger partial charge is 0.354 e. The Labute approximate surface area is 109 Å². The van der Waals surface area contributed by atoms with Gasteiger partial charge in [-0.1, -0.05) is 18.5 Å². The van der Waals surface area contributed by atoms with Crippen LogP contribution in [-0.4, -0.2) is 30.6 Å². The largest absolute Gasteiger partial charge is 0.477 e. The fourth-order valence-corrected chi connectivity index (χ4v) is 2.13. The molecule has 0 aliphatic heterocycles. The summed E-state index contributed by atoms with van der Waals surface area (Å²) in [5, 5.41) is 17.8. The molecule has 0 atom stereocenters. The SMILES string of the molecule is CCc1nn(C)c(Cn2nccc2C(=O)O)c1Cl. The lowest BCUT2D eigenvalue weighted by Gasteiger charge is -2.05. The highest BCUT2D eigenvalue weighted by molar-refractivity contribution is 6.31. The third-order valence-corrected chi connectivity index (χ3v) is 3.17. The number of aromatic nitrogens is 4. The van der Waals surface area contributed by atoms with Crippen molar-refractivity contribution in [1.29, 1.82) is 0 Å². The summed E-state index contributed by atoms with van der Waals surface area (Å²) in [4.78, 5) is 11.0. The van der Waals surface area contributed by atoms with Crippen LogP contribution in [0.4, 0.5) is 0 Å². The molecule has 0 amide bonds. The maximum atomic E-state index is 11.0. The van der Waals surface area contributed by atoms with Crippen molar-refractivity contribution in [2.45, 2.75) is 19.9 Å². The normalized spacial score (nSPS) is 10.8. The van der Waals surface area contributed by atoms with Crippen LogP contribution in [0, 0.1) is 0 Å². The van der Waals surface area contributed by atoms with Crippen molar-refractivity contribution in [3.63, 3.8) is 0 Å². The maximum Gasteiger partial charge on any atom is 0.354 e. The topological polar surface area (TPSA) is 72.9 Å². The number of carboxylic acids is 1. The number of carbonyl (C=O) groups is 1. The first-order valence-electron chi connectivity index (χ1n) is 5.50. The molecule has 2 heterocycles. The molecule has 2 aromatic heterocycles. The summed E-state index contributed by atoms with van der Waals surface area (Å²) in [6.45, 7) is 2.26. The molecule has 0 saturated heterocycles. The lowest BCUT2D eigenvalue weighted by molar-refractivity contribution is 0.0684. The molecule has 6 nitrogen and oxygen atoms in total. The number of aromatic carboxylic acids is 1. The molecule has 0 aliphatic carbocycles.